The number of carbonyl (C=O) groups excluding carboxylic acids is 1. The van der Waals surface area contributed by atoms with Gasteiger partial charge in [-0.1, -0.05) is 44.1 Å². The van der Waals surface area contributed by atoms with E-state index in [1.54, 1.807) is 0 Å². The van der Waals surface area contributed by atoms with Gasteiger partial charge in [0.25, 0.3) is 0 Å². The number of ketones is 1. The molecule has 0 aromatic rings. The first-order valence-corrected chi connectivity index (χ1v) is 25.0. The van der Waals surface area contributed by atoms with E-state index in [0.29, 0.717) is 81.4 Å². The summed E-state index contributed by atoms with van der Waals surface area (Å²) in [5.41, 5.74) is 0.575. The van der Waals surface area contributed by atoms with E-state index in [9.17, 15) is 9.90 Å². The van der Waals surface area contributed by atoms with E-state index >= 15 is 0 Å². The molecule has 15 atom stereocenters. The normalized spacial score (nSPS) is 56.4. The quantitative estimate of drug-likeness (QED) is 0.276. The van der Waals surface area contributed by atoms with Crippen LogP contribution in [0.4, 0.5) is 0 Å². The molecule has 13 fully saturated rings. The van der Waals surface area contributed by atoms with Gasteiger partial charge in [0.1, 0.15) is 30.2 Å². The molecule has 0 bridgehead atoms. The monoisotopic (exact) mass is 892 g/mol. The molecule has 14 heteroatoms. The van der Waals surface area contributed by atoms with Crippen LogP contribution in [0.1, 0.15) is 117 Å². The molecule has 6 aliphatic heterocycles. The fourth-order valence-electron chi connectivity index (χ4n) is 19.6. The lowest BCUT2D eigenvalue weighted by Crippen LogP contribution is -2.75. The van der Waals surface area contributed by atoms with Crippen LogP contribution in [0.2, 0.25) is 0 Å². The Morgan fingerprint density at radius 1 is 0.562 bits per heavy atom. The van der Waals surface area contributed by atoms with Gasteiger partial charge >= 0.3 is 0 Å². The number of Topliss-reactive ketones (excluding diaryl/α,β-unsaturated/α-hetero) is 1. The minimum Gasteiger partial charge on any atom is -0.390 e. The number of rotatable bonds is 0. The van der Waals surface area contributed by atoms with Gasteiger partial charge in [-0.15, -0.1) is 0 Å². The third-order valence-electron chi connectivity index (χ3n) is 22.0. The molecule has 64 heavy (non-hydrogen) atoms. The maximum Gasteiger partial charge on any atom is 0.226 e. The number of aliphatic hydroxyl groups is 1. The smallest absolute Gasteiger partial charge is 0.226 e. The van der Waals surface area contributed by atoms with Crippen LogP contribution in [-0.2, 0) is 61.6 Å². The number of hydrogen-bond acceptors (Lipinski definition) is 14. The zero-order chi connectivity index (χ0) is 43.3. The third-order valence-corrected chi connectivity index (χ3v) is 22.0. The lowest BCUT2D eigenvalue weighted by atomic mass is 9.33. The van der Waals surface area contributed by atoms with Gasteiger partial charge in [-0.3, -0.25) is 4.79 Å². The number of carbonyl (C=O) groups is 1. The van der Waals surface area contributed by atoms with Gasteiger partial charge in [0, 0.05) is 60.2 Å². The standard InChI is InChI=1S/2C25H34O7/c1-20-11-22(26)12-21-6-7-23(28-8-9-29-23)10-16(21)2-3-17(19(21)22)18(20)4-5-24(20)25(32-15-30-24)13-27-14-31-25;1-21-7-8-23(28-9-10-29-23)11-16(21)3-4-17-18-5-6-24(22(18,2)12-19(26)20(17)21)25(32-15-30-24)13-27-14-31-25/h2,17-19,26H,3-15H2,1H3;3,17-18,20H,4-15H2,1-2H3/t17-,18-,19-,20-,21+,22?,24+,25?;17-,18-,20+,21-,22-,24+,25?/m00/s1. The van der Waals surface area contributed by atoms with Crippen LogP contribution in [0.5, 0.6) is 0 Å². The van der Waals surface area contributed by atoms with Crippen molar-refractivity contribution in [3.63, 3.8) is 0 Å². The van der Waals surface area contributed by atoms with Crippen molar-refractivity contribution in [2.75, 3.05) is 66.8 Å². The molecular weight excluding hydrogens is 825 g/mol. The van der Waals surface area contributed by atoms with Gasteiger partial charge < -0.3 is 61.9 Å². The molecule has 0 amide bonds. The minimum atomic E-state index is -0.877. The van der Waals surface area contributed by atoms with Crippen molar-refractivity contribution in [3.8, 4) is 0 Å². The van der Waals surface area contributed by atoms with Crippen LogP contribution in [0, 0.1) is 57.2 Å². The van der Waals surface area contributed by atoms with Crippen LogP contribution < -0.4 is 0 Å². The van der Waals surface area contributed by atoms with Crippen LogP contribution in [0.25, 0.3) is 0 Å². The Morgan fingerprint density at radius 2 is 1.11 bits per heavy atom. The SMILES string of the molecule is C[C@]12CC3(O)C[C@]45CCC6(CC4=CC[C@H]([C@H]35)[C@@H]1CC[C@@]21OCOC12COCO2)OCCO6.C[C@]12CCC3(CC1=CC[C@@H]1[C@@H]2C(=O)C[C@@]2(C)[C@H]1CC[C@@]21OCOC12COCO2)OCCO3. The largest absolute Gasteiger partial charge is 0.390 e. The van der Waals surface area contributed by atoms with E-state index in [4.69, 9.17) is 56.8 Å². The van der Waals surface area contributed by atoms with Crippen molar-refractivity contribution in [3.05, 3.63) is 23.3 Å². The molecule has 3 unspecified atom stereocenters. The molecule has 0 aromatic carbocycles. The number of ether oxygens (including phenoxy) is 12. The summed E-state index contributed by atoms with van der Waals surface area (Å²) >= 11 is 0. The van der Waals surface area contributed by atoms with Gasteiger partial charge in [-0.25, -0.2) is 0 Å². The number of hydrogen-bond donors (Lipinski definition) is 1. The van der Waals surface area contributed by atoms with Crippen molar-refractivity contribution < 1.29 is 66.7 Å². The Hall–Kier alpha value is -1.37. The van der Waals surface area contributed by atoms with Crippen molar-refractivity contribution in [1.82, 2.24) is 0 Å². The maximum atomic E-state index is 14.0. The van der Waals surface area contributed by atoms with Crippen LogP contribution >= 0.6 is 0 Å². The summed E-state index contributed by atoms with van der Waals surface area (Å²) in [5.74, 6) is -0.0918. The van der Waals surface area contributed by atoms with Crippen LogP contribution in [0.3, 0.4) is 0 Å². The number of allylic oxidation sites excluding steroid dienone is 2. The third kappa shape index (κ3) is 4.81. The summed E-state index contributed by atoms with van der Waals surface area (Å²) in [6.07, 6.45) is 18.4. The topological polar surface area (TPSA) is 148 Å². The van der Waals surface area contributed by atoms with Crippen molar-refractivity contribution in [2.45, 2.75) is 157 Å². The molecule has 6 heterocycles. The van der Waals surface area contributed by atoms with E-state index in [1.165, 1.54) is 11.1 Å². The van der Waals surface area contributed by atoms with Gasteiger partial charge in [-0.05, 0) is 93.3 Å². The Balaban J connectivity index is 0.000000124. The average Bonchev–Trinajstić information content (AvgIpc) is 4.14. The molecule has 0 radical (unpaired) electrons. The lowest BCUT2D eigenvalue weighted by molar-refractivity contribution is -0.313. The zero-order valence-corrected chi connectivity index (χ0v) is 38.1. The lowest BCUT2D eigenvalue weighted by Gasteiger charge is -2.74. The zero-order valence-electron chi connectivity index (χ0n) is 38.1. The summed E-state index contributed by atoms with van der Waals surface area (Å²) in [6.45, 7) is 11.4. The van der Waals surface area contributed by atoms with Crippen LogP contribution in [0.15, 0.2) is 23.3 Å². The Labute approximate surface area is 375 Å². The molecule has 7 spiro atoms. The van der Waals surface area contributed by atoms with E-state index in [1.807, 2.05) is 0 Å². The molecule has 15 aliphatic rings. The highest BCUT2D eigenvalue weighted by Crippen LogP contribution is 2.80. The maximum absolute atomic E-state index is 14.0. The Kier molecular flexibility index (Phi) is 8.63. The summed E-state index contributed by atoms with van der Waals surface area (Å²) in [7, 11) is 0. The second-order valence-corrected chi connectivity index (χ2v) is 23.8. The highest BCUT2D eigenvalue weighted by Gasteiger charge is 2.82. The van der Waals surface area contributed by atoms with Gasteiger partial charge in [0.15, 0.2) is 38.7 Å². The first kappa shape index (κ1) is 41.6. The number of fused-ring (bicyclic) bond motifs is 11. The molecule has 1 N–H and O–H groups in total. The summed E-state index contributed by atoms with van der Waals surface area (Å²) in [4.78, 5) is 14.0. The second kappa shape index (κ2) is 13.3. The van der Waals surface area contributed by atoms with Crippen molar-refractivity contribution >= 4 is 5.78 Å². The fraction of sp³-hybridized carbons (Fsp3) is 0.900. The molecule has 352 valence electrons. The van der Waals surface area contributed by atoms with Crippen molar-refractivity contribution in [1.29, 1.82) is 0 Å². The molecule has 6 saturated heterocycles. The average molecular weight is 893 g/mol. The molecule has 7 saturated carbocycles. The molecule has 14 nitrogen and oxygen atoms in total. The van der Waals surface area contributed by atoms with E-state index < -0.39 is 40.0 Å². The molecular formula is C50H68O14. The van der Waals surface area contributed by atoms with E-state index in [0.717, 1.165) is 89.9 Å². The Morgan fingerprint density at radius 3 is 1.73 bits per heavy atom. The molecule has 15 rings (SSSR count). The summed E-state index contributed by atoms with van der Waals surface area (Å²) in [6, 6.07) is 0. The van der Waals surface area contributed by atoms with E-state index in [2.05, 4.69) is 32.9 Å². The Bertz CT molecular complexity index is 2040. The van der Waals surface area contributed by atoms with Gasteiger partial charge in [0.05, 0.1) is 32.0 Å². The predicted octanol–water partition coefficient (Wildman–Crippen LogP) is 6.18. The second-order valence-electron chi connectivity index (χ2n) is 23.8. The van der Waals surface area contributed by atoms with Gasteiger partial charge in [0.2, 0.25) is 11.6 Å². The first-order chi connectivity index (χ1) is 30.8. The van der Waals surface area contributed by atoms with Crippen molar-refractivity contribution in [2.24, 2.45) is 57.2 Å². The van der Waals surface area contributed by atoms with Gasteiger partial charge in [-0.2, -0.15) is 0 Å². The predicted molar refractivity (Wildman–Crippen MR) is 221 cm³/mol. The molecule has 9 aliphatic carbocycles. The first-order valence-electron chi connectivity index (χ1n) is 25.0. The summed E-state index contributed by atoms with van der Waals surface area (Å²) in [5, 5.41) is 12.2. The van der Waals surface area contributed by atoms with E-state index in [-0.39, 0.29) is 54.7 Å². The fourth-order valence-corrected chi connectivity index (χ4v) is 19.6. The highest BCUT2D eigenvalue weighted by atomic mass is 16.9. The molecule has 0 aromatic heterocycles. The highest BCUT2D eigenvalue weighted by molar-refractivity contribution is 5.85. The summed E-state index contributed by atoms with van der Waals surface area (Å²) < 4.78 is 72.7. The van der Waals surface area contributed by atoms with Crippen LogP contribution in [-0.4, -0.2) is 118 Å². The minimum absolute atomic E-state index is 0.0634.